The highest BCUT2D eigenvalue weighted by Crippen LogP contribution is 2.12. The number of nitrogens with one attached hydrogen (secondary N) is 1. The van der Waals surface area contributed by atoms with Crippen molar-refractivity contribution in [2.45, 2.75) is 25.8 Å². The first kappa shape index (κ1) is 15.9. The van der Waals surface area contributed by atoms with Gasteiger partial charge in [-0.15, -0.1) is 0 Å². The summed E-state index contributed by atoms with van der Waals surface area (Å²) in [7, 11) is 0. The number of aromatic nitrogens is 3. The molecule has 1 atom stereocenters. The number of carbonyl (C=O) groups is 1. The van der Waals surface area contributed by atoms with Gasteiger partial charge in [0, 0.05) is 42.8 Å². The Morgan fingerprint density at radius 2 is 2.04 bits per heavy atom. The predicted octanol–water partition coefficient (Wildman–Crippen LogP) is 2.88. The van der Waals surface area contributed by atoms with E-state index in [9.17, 15) is 4.79 Å². The van der Waals surface area contributed by atoms with E-state index in [1.54, 1.807) is 18.7 Å². The number of rotatable bonds is 6. The molecule has 0 unspecified atom stereocenters. The fourth-order valence-electron chi connectivity index (χ4n) is 2.28. The third-order valence-corrected chi connectivity index (χ3v) is 3.62. The molecule has 1 amide bonds. The third-order valence-electron chi connectivity index (χ3n) is 3.62. The maximum absolute atomic E-state index is 12.2. The topological polar surface area (TPSA) is 80.9 Å². The Morgan fingerprint density at radius 1 is 1.21 bits per heavy atom. The Morgan fingerprint density at radius 3 is 2.71 bits per heavy atom. The predicted molar refractivity (Wildman–Crippen MR) is 89.2 cm³/mol. The summed E-state index contributed by atoms with van der Waals surface area (Å²) >= 11 is 0. The Balaban J connectivity index is 1.56. The van der Waals surface area contributed by atoms with Crippen LogP contribution in [0.2, 0.25) is 0 Å². The van der Waals surface area contributed by atoms with Gasteiger partial charge in [0.05, 0.1) is 11.8 Å². The van der Waals surface area contributed by atoms with Gasteiger partial charge in [0.1, 0.15) is 5.76 Å². The van der Waals surface area contributed by atoms with Gasteiger partial charge in [-0.1, -0.05) is 0 Å². The number of amides is 1. The summed E-state index contributed by atoms with van der Waals surface area (Å²) in [5.41, 5.74) is 1.25. The lowest BCUT2D eigenvalue weighted by Crippen LogP contribution is -2.33. The molecule has 1 N–H and O–H groups in total. The second-order valence-electron chi connectivity index (χ2n) is 5.53. The highest BCUT2D eigenvalue weighted by atomic mass is 16.3. The monoisotopic (exact) mass is 322 g/mol. The van der Waals surface area contributed by atoms with Gasteiger partial charge in [0.2, 0.25) is 0 Å². The van der Waals surface area contributed by atoms with Crippen molar-refractivity contribution in [3.63, 3.8) is 0 Å². The molecule has 0 fully saturated rings. The standard InChI is InChI=1S/C18H18N4O2/c1-13(6-7-16-5-3-9-24-16)22-18(23)15-11-20-17(21-12-15)14-4-2-8-19-10-14/h2-5,8-13H,6-7H2,1H3,(H,22,23)/t13-/m0/s1. The Labute approximate surface area is 140 Å². The van der Waals surface area contributed by atoms with Crippen LogP contribution < -0.4 is 5.32 Å². The normalized spacial score (nSPS) is 11.9. The molecule has 6 nitrogen and oxygen atoms in total. The van der Waals surface area contributed by atoms with E-state index in [1.165, 1.54) is 12.4 Å². The minimum atomic E-state index is -0.181. The lowest BCUT2D eigenvalue weighted by molar-refractivity contribution is 0.0937. The number of hydrogen-bond acceptors (Lipinski definition) is 5. The zero-order chi connectivity index (χ0) is 16.8. The van der Waals surface area contributed by atoms with Crippen LogP contribution >= 0.6 is 0 Å². The fourth-order valence-corrected chi connectivity index (χ4v) is 2.28. The van der Waals surface area contributed by atoms with E-state index in [-0.39, 0.29) is 11.9 Å². The van der Waals surface area contributed by atoms with Crippen LogP contribution in [0.3, 0.4) is 0 Å². The molecule has 0 spiro atoms. The summed E-state index contributed by atoms with van der Waals surface area (Å²) in [6, 6.07) is 7.51. The second kappa shape index (κ2) is 7.50. The molecule has 0 aromatic carbocycles. The Bertz CT molecular complexity index is 771. The lowest BCUT2D eigenvalue weighted by atomic mass is 10.1. The van der Waals surface area contributed by atoms with Gasteiger partial charge < -0.3 is 9.73 Å². The van der Waals surface area contributed by atoms with E-state index in [1.807, 2.05) is 31.2 Å². The number of nitrogens with zero attached hydrogens (tertiary/aromatic N) is 3. The zero-order valence-electron chi connectivity index (χ0n) is 13.3. The number of hydrogen-bond donors (Lipinski definition) is 1. The van der Waals surface area contributed by atoms with Gasteiger partial charge in [-0.3, -0.25) is 9.78 Å². The maximum atomic E-state index is 12.2. The summed E-state index contributed by atoms with van der Waals surface area (Å²) in [5, 5.41) is 2.94. The van der Waals surface area contributed by atoms with E-state index in [0.717, 1.165) is 24.2 Å². The number of pyridine rings is 1. The average molecular weight is 322 g/mol. The lowest BCUT2D eigenvalue weighted by Gasteiger charge is -2.13. The summed E-state index contributed by atoms with van der Waals surface area (Å²) in [5.74, 6) is 1.28. The van der Waals surface area contributed by atoms with Gasteiger partial charge in [-0.05, 0) is 37.6 Å². The van der Waals surface area contributed by atoms with Crippen molar-refractivity contribution in [1.82, 2.24) is 20.3 Å². The van der Waals surface area contributed by atoms with E-state index in [4.69, 9.17) is 4.42 Å². The van der Waals surface area contributed by atoms with Gasteiger partial charge in [0.25, 0.3) is 5.91 Å². The molecule has 3 heterocycles. The smallest absolute Gasteiger partial charge is 0.254 e. The second-order valence-corrected chi connectivity index (χ2v) is 5.53. The number of furan rings is 1. The SMILES string of the molecule is C[C@@H](CCc1ccco1)NC(=O)c1cnc(-c2cccnc2)nc1. The summed E-state index contributed by atoms with van der Waals surface area (Å²) in [6.07, 6.45) is 9.67. The van der Waals surface area contributed by atoms with Gasteiger partial charge in [-0.25, -0.2) is 9.97 Å². The van der Waals surface area contributed by atoms with Crippen molar-refractivity contribution in [3.8, 4) is 11.4 Å². The number of carbonyl (C=O) groups excluding carboxylic acids is 1. The molecule has 24 heavy (non-hydrogen) atoms. The molecule has 0 bridgehead atoms. The Hall–Kier alpha value is -3.02. The van der Waals surface area contributed by atoms with E-state index in [2.05, 4.69) is 20.3 Å². The molecule has 0 aliphatic carbocycles. The quantitative estimate of drug-likeness (QED) is 0.754. The molecule has 6 heteroatoms. The molecule has 3 aromatic heterocycles. The molecule has 0 saturated heterocycles. The zero-order valence-corrected chi connectivity index (χ0v) is 13.3. The number of aryl methyl sites for hydroxylation is 1. The third kappa shape index (κ3) is 4.04. The van der Waals surface area contributed by atoms with Crippen LogP contribution in [0.15, 0.2) is 59.7 Å². The average Bonchev–Trinajstić information content (AvgIpc) is 3.14. The largest absolute Gasteiger partial charge is 0.469 e. The molecule has 0 radical (unpaired) electrons. The van der Waals surface area contributed by atoms with Crippen LogP contribution in [0.5, 0.6) is 0 Å². The van der Waals surface area contributed by atoms with Crippen LogP contribution in [0.4, 0.5) is 0 Å². The summed E-state index contributed by atoms with van der Waals surface area (Å²) < 4.78 is 5.29. The minimum absolute atomic E-state index is 0.0283. The van der Waals surface area contributed by atoms with Gasteiger partial charge in [0.15, 0.2) is 5.82 Å². The van der Waals surface area contributed by atoms with Crippen LogP contribution in [-0.4, -0.2) is 26.9 Å². The van der Waals surface area contributed by atoms with Crippen LogP contribution in [0, 0.1) is 0 Å². The first-order valence-electron chi connectivity index (χ1n) is 7.78. The van der Waals surface area contributed by atoms with Crippen molar-refractivity contribution in [3.05, 3.63) is 66.6 Å². The van der Waals surface area contributed by atoms with E-state index in [0.29, 0.717) is 11.4 Å². The fraction of sp³-hybridized carbons (Fsp3) is 0.222. The van der Waals surface area contributed by atoms with Crippen LogP contribution in [0.1, 0.15) is 29.5 Å². The highest BCUT2D eigenvalue weighted by molar-refractivity contribution is 5.93. The van der Waals surface area contributed by atoms with Crippen molar-refractivity contribution in [2.75, 3.05) is 0 Å². The molecule has 0 aliphatic rings. The molecule has 3 rings (SSSR count). The molecule has 0 aliphatic heterocycles. The summed E-state index contributed by atoms with van der Waals surface area (Å²) in [4.78, 5) is 24.7. The first-order valence-corrected chi connectivity index (χ1v) is 7.78. The Kier molecular flexibility index (Phi) is 4.96. The highest BCUT2D eigenvalue weighted by Gasteiger charge is 2.12. The van der Waals surface area contributed by atoms with Crippen molar-refractivity contribution in [1.29, 1.82) is 0 Å². The van der Waals surface area contributed by atoms with E-state index >= 15 is 0 Å². The van der Waals surface area contributed by atoms with Crippen molar-refractivity contribution >= 4 is 5.91 Å². The minimum Gasteiger partial charge on any atom is -0.469 e. The molecule has 0 saturated carbocycles. The first-order chi connectivity index (χ1) is 11.7. The molecule has 3 aromatic rings. The summed E-state index contributed by atoms with van der Waals surface area (Å²) in [6.45, 7) is 1.96. The molecule has 122 valence electrons. The van der Waals surface area contributed by atoms with E-state index < -0.39 is 0 Å². The van der Waals surface area contributed by atoms with Crippen LogP contribution in [-0.2, 0) is 6.42 Å². The van der Waals surface area contributed by atoms with Crippen LogP contribution in [0.25, 0.3) is 11.4 Å². The molecular formula is C18H18N4O2. The van der Waals surface area contributed by atoms with Crippen molar-refractivity contribution in [2.24, 2.45) is 0 Å². The van der Waals surface area contributed by atoms with Gasteiger partial charge >= 0.3 is 0 Å². The molecular weight excluding hydrogens is 304 g/mol. The van der Waals surface area contributed by atoms with Crippen molar-refractivity contribution < 1.29 is 9.21 Å². The van der Waals surface area contributed by atoms with Gasteiger partial charge in [-0.2, -0.15) is 0 Å². The maximum Gasteiger partial charge on any atom is 0.254 e.